The van der Waals surface area contributed by atoms with Crippen LogP contribution in [0.2, 0.25) is 0 Å². The van der Waals surface area contributed by atoms with E-state index in [4.69, 9.17) is 0 Å². The van der Waals surface area contributed by atoms with Crippen molar-refractivity contribution in [3.05, 3.63) is 30.5 Å². The van der Waals surface area contributed by atoms with Gasteiger partial charge >= 0.3 is 0 Å². The monoisotopic (exact) mass is 356 g/mol. The van der Waals surface area contributed by atoms with Gasteiger partial charge in [-0.1, -0.05) is 0 Å². The fraction of sp³-hybridized carbons (Fsp3) is 0.500. The Hall–Kier alpha value is -2.34. The molecule has 0 saturated carbocycles. The maximum atomic E-state index is 12.4. The normalized spacial score (nSPS) is 15.2. The number of anilines is 1. The molecule has 26 heavy (non-hydrogen) atoms. The van der Waals surface area contributed by atoms with Crippen LogP contribution in [-0.2, 0) is 16.1 Å². The third kappa shape index (κ3) is 4.07. The Morgan fingerprint density at radius 1 is 1.19 bits per heavy atom. The van der Waals surface area contributed by atoms with E-state index in [0.717, 1.165) is 55.6 Å². The summed E-state index contributed by atoms with van der Waals surface area (Å²) in [4.78, 5) is 26.6. The summed E-state index contributed by atoms with van der Waals surface area (Å²) >= 11 is 0. The molecule has 2 amide bonds. The van der Waals surface area contributed by atoms with Gasteiger partial charge in [-0.2, -0.15) is 0 Å². The number of nitrogens with zero attached hydrogens (tertiary/aromatic N) is 2. The van der Waals surface area contributed by atoms with E-state index in [-0.39, 0.29) is 17.7 Å². The third-order valence-corrected chi connectivity index (χ3v) is 5.17. The van der Waals surface area contributed by atoms with E-state index in [1.807, 2.05) is 53.8 Å². The topological polar surface area (TPSA) is 66.4 Å². The number of likely N-dealkylation sites (N-methyl/N-ethyl adjacent to an activating group) is 1. The average Bonchev–Trinajstić information content (AvgIpc) is 3.05. The van der Waals surface area contributed by atoms with Gasteiger partial charge in [-0.05, 0) is 64.0 Å². The molecule has 140 valence electrons. The predicted octanol–water partition coefficient (Wildman–Crippen LogP) is 2.45. The number of benzene rings is 1. The lowest BCUT2D eigenvalue weighted by molar-refractivity contribution is -0.131. The fourth-order valence-corrected chi connectivity index (χ4v) is 3.57. The summed E-state index contributed by atoms with van der Waals surface area (Å²) in [6.07, 6.45) is 3.71. The Balaban J connectivity index is 1.70. The first kappa shape index (κ1) is 18.5. The van der Waals surface area contributed by atoms with Crippen molar-refractivity contribution >= 4 is 28.4 Å². The van der Waals surface area contributed by atoms with Crippen LogP contribution in [0.25, 0.3) is 10.9 Å². The highest BCUT2D eigenvalue weighted by atomic mass is 16.2. The molecule has 0 bridgehead atoms. The molecule has 1 saturated heterocycles. The zero-order valence-corrected chi connectivity index (χ0v) is 15.6. The molecule has 6 nitrogen and oxygen atoms in total. The summed E-state index contributed by atoms with van der Waals surface area (Å²) in [5.41, 5.74) is 1.82. The summed E-state index contributed by atoms with van der Waals surface area (Å²) in [5.74, 6) is 0.306. The van der Waals surface area contributed by atoms with Crippen LogP contribution in [-0.4, -0.2) is 47.5 Å². The predicted molar refractivity (Wildman–Crippen MR) is 104 cm³/mol. The van der Waals surface area contributed by atoms with Crippen molar-refractivity contribution in [1.29, 1.82) is 0 Å². The lowest BCUT2D eigenvalue weighted by atomic mass is 9.97. The molecule has 1 aliphatic heterocycles. The van der Waals surface area contributed by atoms with Gasteiger partial charge in [0.15, 0.2) is 0 Å². The van der Waals surface area contributed by atoms with Crippen molar-refractivity contribution in [2.24, 2.45) is 5.92 Å². The number of nitrogens with one attached hydrogen (secondary N) is 2. The highest BCUT2D eigenvalue weighted by Crippen LogP contribution is 2.22. The zero-order valence-electron chi connectivity index (χ0n) is 15.6. The maximum Gasteiger partial charge on any atom is 0.242 e. The summed E-state index contributed by atoms with van der Waals surface area (Å²) < 4.78 is 1.97. The van der Waals surface area contributed by atoms with Crippen LogP contribution in [0, 0.1) is 5.92 Å². The summed E-state index contributed by atoms with van der Waals surface area (Å²) in [6.45, 7) is 7.58. The Kier molecular flexibility index (Phi) is 5.93. The molecule has 2 aromatic rings. The smallest absolute Gasteiger partial charge is 0.242 e. The number of hydrogen-bond donors (Lipinski definition) is 2. The van der Waals surface area contributed by atoms with Crippen molar-refractivity contribution in [2.45, 2.75) is 33.2 Å². The Labute approximate surface area is 154 Å². The van der Waals surface area contributed by atoms with Crippen LogP contribution in [0.5, 0.6) is 0 Å². The lowest BCUT2D eigenvalue weighted by Gasteiger charge is -2.21. The van der Waals surface area contributed by atoms with Crippen LogP contribution in [0.3, 0.4) is 0 Å². The first-order chi connectivity index (χ1) is 12.6. The molecule has 1 fully saturated rings. The second-order valence-electron chi connectivity index (χ2n) is 6.80. The number of carbonyl (C=O) groups excluding carboxylic acids is 2. The van der Waals surface area contributed by atoms with E-state index >= 15 is 0 Å². The molecule has 0 spiro atoms. The van der Waals surface area contributed by atoms with E-state index in [1.54, 1.807) is 0 Å². The van der Waals surface area contributed by atoms with Gasteiger partial charge < -0.3 is 20.1 Å². The highest BCUT2D eigenvalue weighted by molar-refractivity contribution is 5.95. The second kappa shape index (κ2) is 8.36. The maximum absolute atomic E-state index is 12.4. The summed E-state index contributed by atoms with van der Waals surface area (Å²) in [6, 6.07) is 7.86. The van der Waals surface area contributed by atoms with Gasteiger partial charge in [-0.25, -0.2) is 0 Å². The molecule has 0 atom stereocenters. The van der Waals surface area contributed by atoms with Crippen molar-refractivity contribution < 1.29 is 9.59 Å². The van der Waals surface area contributed by atoms with Gasteiger partial charge in [0, 0.05) is 41.8 Å². The summed E-state index contributed by atoms with van der Waals surface area (Å²) in [7, 11) is 0. The van der Waals surface area contributed by atoms with Gasteiger partial charge in [0.2, 0.25) is 11.8 Å². The van der Waals surface area contributed by atoms with Crippen molar-refractivity contribution in [3.63, 3.8) is 0 Å². The minimum Gasteiger partial charge on any atom is -0.342 e. The molecular formula is C20H28N4O2. The zero-order chi connectivity index (χ0) is 18.5. The van der Waals surface area contributed by atoms with E-state index < -0.39 is 0 Å². The Bertz CT molecular complexity index is 773. The Morgan fingerprint density at radius 3 is 2.62 bits per heavy atom. The number of hydrogen-bond acceptors (Lipinski definition) is 3. The minimum absolute atomic E-state index is 0.0863. The molecular weight excluding hydrogens is 328 g/mol. The number of piperidine rings is 1. The highest BCUT2D eigenvalue weighted by Gasteiger charge is 2.21. The van der Waals surface area contributed by atoms with Crippen molar-refractivity contribution in [1.82, 2.24) is 14.8 Å². The van der Waals surface area contributed by atoms with Gasteiger partial charge in [0.1, 0.15) is 6.54 Å². The largest absolute Gasteiger partial charge is 0.342 e. The second-order valence-corrected chi connectivity index (χ2v) is 6.80. The first-order valence-corrected chi connectivity index (χ1v) is 9.50. The minimum atomic E-state index is 0.0863. The van der Waals surface area contributed by atoms with E-state index in [1.165, 1.54) is 0 Å². The first-order valence-electron chi connectivity index (χ1n) is 9.50. The van der Waals surface area contributed by atoms with Crippen molar-refractivity contribution in [3.8, 4) is 0 Å². The molecule has 1 aromatic carbocycles. The molecule has 6 heteroatoms. The van der Waals surface area contributed by atoms with Crippen LogP contribution in [0.4, 0.5) is 5.69 Å². The fourth-order valence-electron chi connectivity index (χ4n) is 3.57. The molecule has 2 N–H and O–H groups in total. The van der Waals surface area contributed by atoms with Crippen LogP contribution in [0.15, 0.2) is 30.5 Å². The number of fused-ring (bicyclic) bond motifs is 1. The quantitative estimate of drug-likeness (QED) is 0.835. The van der Waals surface area contributed by atoms with Gasteiger partial charge in [-0.15, -0.1) is 0 Å². The lowest BCUT2D eigenvalue weighted by Crippen LogP contribution is -2.34. The Morgan fingerprint density at radius 2 is 1.92 bits per heavy atom. The van der Waals surface area contributed by atoms with E-state index in [9.17, 15) is 9.59 Å². The van der Waals surface area contributed by atoms with Crippen LogP contribution < -0.4 is 10.6 Å². The SMILES string of the molecule is CCN(CC)C(=O)Cn1ccc2cc(NC(=O)C3CCNCC3)ccc21. The van der Waals surface area contributed by atoms with Crippen LogP contribution in [0.1, 0.15) is 26.7 Å². The van der Waals surface area contributed by atoms with Crippen LogP contribution >= 0.6 is 0 Å². The summed E-state index contributed by atoms with van der Waals surface area (Å²) in [5, 5.41) is 7.35. The number of amides is 2. The molecule has 0 unspecified atom stereocenters. The molecule has 1 aromatic heterocycles. The molecule has 0 radical (unpaired) electrons. The van der Waals surface area contributed by atoms with E-state index in [2.05, 4.69) is 10.6 Å². The van der Waals surface area contributed by atoms with Gasteiger partial charge in [0.25, 0.3) is 0 Å². The number of carbonyl (C=O) groups is 2. The molecule has 0 aliphatic carbocycles. The number of aromatic nitrogens is 1. The van der Waals surface area contributed by atoms with Crippen molar-refractivity contribution in [2.75, 3.05) is 31.5 Å². The molecule has 2 heterocycles. The third-order valence-electron chi connectivity index (χ3n) is 5.17. The van der Waals surface area contributed by atoms with Gasteiger partial charge in [-0.3, -0.25) is 9.59 Å². The van der Waals surface area contributed by atoms with Gasteiger partial charge in [0.05, 0.1) is 0 Å². The number of rotatable bonds is 6. The average molecular weight is 356 g/mol. The molecule has 3 rings (SSSR count). The molecule has 1 aliphatic rings. The van der Waals surface area contributed by atoms with E-state index in [0.29, 0.717) is 6.54 Å². The standard InChI is InChI=1S/C20H28N4O2/c1-3-23(4-2)19(25)14-24-12-9-16-13-17(5-6-18(16)24)22-20(26)15-7-10-21-11-8-15/h5-6,9,12-13,15,21H,3-4,7-8,10-11,14H2,1-2H3,(H,22,26).